The van der Waals surface area contributed by atoms with Gasteiger partial charge in [-0.05, 0) is 6.07 Å². The van der Waals surface area contributed by atoms with Gasteiger partial charge in [0.25, 0.3) is 17.1 Å². The van der Waals surface area contributed by atoms with Crippen LogP contribution < -0.4 is 0 Å². The van der Waals surface area contributed by atoms with Crippen LogP contribution in [0.2, 0.25) is 0 Å². The molecule has 0 bridgehead atoms. The standard InChI is InChI=1S/C9H5N5O6/c15-12(16)5-3-7(13(17)18)9(6-1-2-10-11-6)8(4-5)14(19)20/h1-4H,(H,10,11). The van der Waals surface area contributed by atoms with E-state index in [4.69, 9.17) is 0 Å². The molecule has 1 N–H and O–H groups in total. The highest BCUT2D eigenvalue weighted by Crippen LogP contribution is 2.40. The first-order chi connectivity index (χ1) is 9.41. The molecule has 2 rings (SSSR count). The second-order valence-electron chi connectivity index (χ2n) is 3.60. The Morgan fingerprint density at radius 1 is 0.950 bits per heavy atom. The van der Waals surface area contributed by atoms with Crippen molar-refractivity contribution in [1.29, 1.82) is 0 Å². The molecule has 0 amide bonds. The normalized spacial score (nSPS) is 10.2. The Balaban J connectivity index is 2.85. The van der Waals surface area contributed by atoms with Crippen molar-refractivity contribution in [1.82, 2.24) is 10.2 Å². The van der Waals surface area contributed by atoms with Gasteiger partial charge < -0.3 is 0 Å². The fourth-order valence-corrected chi connectivity index (χ4v) is 1.66. The number of H-pyrrole nitrogens is 1. The fourth-order valence-electron chi connectivity index (χ4n) is 1.66. The molecule has 2 aromatic rings. The van der Waals surface area contributed by atoms with Gasteiger partial charge in [0.2, 0.25) is 0 Å². The lowest BCUT2D eigenvalue weighted by atomic mass is 10.1. The number of aromatic nitrogens is 2. The van der Waals surface area contributed by atoms with Crippen LogP contribution in [0, 0.1) is 30.3 Å². The van der Waals surface area contributed by atoms with E-state index in [-0.39, 0.29) is 11.3 Å². The molecule has 0 radical (unpaired) electrons. The van der Waals surface area contributed by atoms with Gasteiger partial charge in [-0.1, -0.05) is 0 Å². The molecule has 0 aliphatic heterocycles. The Labute approximate surface area is 109 Å². The van der Waals surface area contributed by atoms with Crippen molar-refractivity contribution in [2.45, 2.75) is 0 Å². The van der Waals surface area contributed by atoms with Gasteiger partial charge >= 0.3 is 0 Å². The molecule has 102 valence electrons. The summed E-state index contributed by atoms with van der Waals surface area (Å²) in [5.74, 6) is 0. The highest BCUT2D eigenvalue weighted by atomic mass is 16.6. The zero-order chi connectivity index (χ0) is 14.9. The maximum absolute atomic E-state index is 11.0. The number of aromatic amines is 1. The Morgan fingerprint density at radius 3 is 1.85 bits per heavy atom. The lowest BCUT2D eigenvalue weighted by Crippen LogP contribution is -2.00. The number of hydrogen-bond donors (Lipinski definition) is 1. The summed E-state index contributed by atoms with van der Waals surface area (Å²) in [6, 6.07) is 2.63. The largest absolute Gasteiger partial charge is 0.292 e. The van der Waals surface area contributed by atoms with Crippen LogP contribution in [0.4, 0.5) is 17.1 Å². The molecule has 0 saturated heterocycles. The van der Waals surface area contributed by atoms with Crippen LogP contribution in [-0.4, -0.2) is 25.0 Å². The van der Waals surface area contributed by atoms with Gasteiger partial charge in [0.1, 0.15) is 0 Å². The molecule has 0 aliphatic rings. The summed E-state index contributed by atoms with van der Waals surface area (Å²) in [5, 5.41) is 38.6. The van der Waals surface area contributed by atoms with E-state index in [9.17, 15) is 30.3 Å². The van der Waals surface area contributed by atoms with Crippen molar-refractivity contribution in [3.8, 4) is 11.3 Å². The van der Waals surface area contributed by atoms with Crippen molar-refractivity contribution in [3.63, 3.8) is 0 Å². The maximum atomic E-state index is 11.0. The van der Waals surface area contributed by atoms with Gasteiger partial charge in [-0.3, -0.25) is 35.4 Å². The Kier molecular flexibility index (Phi) is 3.08. The van der Waals surface area contributed by atoms with Crippen LogP contribution >= 0.6 is 0 Å². The monoisotopic (exact) mass is 279 g/mol. The SMILES string of the molecule is O=[N+]([O-])c1cc([N+](=O)[O-])c(-c2ccn[nH]2)c([N+](=O)[O-])c1. The number of nitrogens with zero attached hydrogens (tertiary/aromatic N) is 4. The molecule has 20 heavy (non-hydrogen) atoms. The van der Waals surface area contributed by atoms with Crippen molar-refractivity contribution >= 4 is 17.1 Å². The highest BCUT2D eigenvalue weighted by molar-refractivity contribution is 5.82. The maximum Gasteiger partial charge on any atom is 0.292 e. The molecule has 0 fully saturated rings. The number of hydrogen-bond acceptors (Lipinski definition) is 7. The molecular weight excluding hydrogens is 274 g/mol. The Hall–Kier alpha value is -3.37. The van der Waals surface area contributed by atoms with Crippen molar-refractivity contribution < 1.29 is 14.8 Å². The van der Waals surface area contributed by atoms with E-state index in [0.717, 1.165) is 0 Å². The van der Waals surface area contributed by atoms with E-state index in [0.29, 0.717) is 12.1 Å². The quantitative estimate of drug-likeness (QED) is 0.659. The first-order valence-corrected chi connectivity index (χ1v) is 5.02. The number of nitrogens with one attached hydrogen (secondary N) is 1. The molecular formula is C9H5N5O6. The van der Waals surface area contributed by atoms with Gasteiger partial charge in [-0.15, -0.1) is 0 Å². The molecule has 1 aromatic heterocycles. The molecule has 1 heterocycles. The molecule has 0 unspecified atom stereocenters. The highest BCUT2D eigenvalue weighted by Gasteiger charge is 2.32. The second-order valence-corrected chi connectivity index (χ2v) is 3.60. The van der Waals surface area contributed by atoms with E-state index in [2.05, 4.69) is 10.2 Å². The zero-order valence-corrected chi connectivity index (χ0v) is 9.55. The third-order valence-corrected chi connectivity index (χ3v) is 2.46. The fraction of sp³-hybridized carbons (Fsp3) is 0. The lowest BCUT2D eigenvalue weighted by Gasteiger charge is -2.02. The van der Waals surface area contributed by atoms with E-state index in [1.807, 2.05) is 0 Å². The number of nitro benzene ring substituents is 3. The molecule has 11 heteroatoms. The van der Waals surface area contributed by atoms with Gasteiger partial charge in [-0.25, -0.2) is 0 Å². The average molecular weight is 279 g/mol. The number of nitro groups is 3. The molecule has 0 saturated carbocycles. The van der Waals surface area contributed by atoms with Crippen LogP contribution in [0.5, 0.6) is 0 Å². The van der Waals surface area contributed by atoms with Crippen LogP contribution in [0.15, 0.2) is 24.4 Å². The van der Waals surface area contributed by atoms with Gasteiger partial charge in [0.15, 0.2) is 5.56 Å². The molecule has 0 aliphatic carbocycles. The Bertz CT molecular complexity index is 675. The lowest BCUT2D eigenvalue weighted by molar-refractivity contribution is -0.402. The smallest absolute Gasteiger partial charge is 0.277 e. The summed E-state index contributed by atoms with van der Waals surface area (Å²) in [4.78, 5) is 29.9. The van der Waals surface area contributed by atoms with Crippen LogP contribution in [0.3, 0.4) is 0 Å². The molecule has 11 nitrogen and oxygen atoms in total. The summed E-state index contributed by atoms with van der Waals surface area (Å²) in [7, 11) is 0. The average Bonchev–Trinajstić information content (AvgIpc) is 2.90. The zero-order valence-electron chi connectivity index (χ0n) is 9.55. The summed E-state index contributed by atoms with van der Waals surface area (Å²) in [5.41, 5.74) is -2.54. The molecule has 0 spiro atoms. The van der Waals surface area contributed by atoms with Crippen molar-refractivity contribution in [2.75, 3.05) is 0 Å². The summed E-state index contributed by atoms with van der Waals surface area (Å²) < 4.78 is 0. The minimum absolute atomic E-state index is 0.0262. The Morgan fingerprint density at radius 2 is 1.50 bits per heavy atom. The summed E-state index contributed by atoms with van der Waals surface area (Å²) in [6.07, 6.45) is 1.25. The van der Waals surface area contributed by atoms with Crippen molar-refractivity contribution in [2.24, 2.45) is 0 Å². The topological polar surface area (TPSA) is 158 Å². The van der Waals surface area contributed by atoms with Crippen LogP contribution in [-0.2, 0) is 0 Å². The van der Waals surface area contributed by atoms with E-state index >= 15 is 0 Å². The minimum Gasteiger partial charge on any atom is -0.277 e. The predicted octanol–water partition coefficient (Wildman–Crippen LogP) is 1.80. The first kappa shape index (κ1) is 13.1. The van der Waals surface area contributed by atoms with Crippen LogP contribution in [0.25, 0.3) is 11.3 Å². The third-order valence-electron chi connectivity index (χ3n) is 2.46. The minimum atomic E-state index is -0.934. The first-order valence-electron chi connectivity index (χ1n) is 5.02. The van der Waals surface area contributed by atoms with E-state index in [1.165, 1.54) is 12.3 Å². The van der Waals surface area contributed by atoms with Crippen molar-refractivity contribution in [3.05, 3.63) is 54.7 Å². The predicted molar refractivity (Wildman–Crippen MR) is 64.0 cm³/mol. The van der Waals surface area contributed by atoms with E-state index in [1.54, 1.807) is 0 Å². The molecule has 0 atom stereocenters. The number of benzene rings is 1. The summed E-state index contributed by atoms with van der Waals surface area (Å²) >= 11 is 0. The number of non-ortho nitro benzene ring substituents is 1. The van der Waals surface area contributed by atoms with Gasteiger partial charge in [0, 0.05) is 6.20 Å². The second kappa shape index (κ2) is 4.72. The van der Waals surface area contributed by atoms with E-state index < -0.39 is 31.8 Å². The van der Waals surface area contributed by atoms with Crippen LogP contribution in [0.1, 0.15) is 0 Å². The molecule has 1 aromatic carbocycles. The third kappa shape index (κ3) is 2.14. The van der Waals surface area contributed by atoms with Gasteiger partial charge in [0.05, 0.1) is 32.6 Å². The van der Waals surface area contributed by atoms with Gasteiger partial charge in [-0.2, -0.15) is 5.10 Å². The number of rotatable bonds is 4. The summed E-state index contributed by atoms with van der Waals surface area (Å²) in [6.45, 7) is 0.